The third-order valence-corrected chi connectivity index (χ3v) is 7.04. The van der Waals surface area contributed by atoms with Crippen molar-refractivity contribution in [3.63, 3.8) is 0 Å². The van der Waals surface area contributed by atoms with Gasteiger partial charge in [0.2, 0.25) is 11.9 Å². The summed E-state index contributed by atoms with van der Waals surface area (Å²) >= 11 is 0. The molecule has 4 rings (SSSR count). The molecule has 11 nitrogen and oxygen atoms in total. The van der Waals surface area contributed by atoms with Gasteiger partial charge in [-0.2, -0.15) is 18.3 Å². The van der Waals surface area contributed by atoms with E-state index in [1.165, 1.54) is 0 Å². The molecular weight excluding hydrogens is 505 g/mol. The van der Waals surface area contributed by atoms with Crippen molar-refractivity contribution >= 4 is 17.5 Å². The standard InChI is InChI=1S/C24H33F3N8O3/c1-16-19(14-31-33-22(16)37)32-20(17-2-5-28-6-3-17)15-38-11-4-21(36)34-7-9-35(10-8-34)23-29-12-18(13-30-23)24(25,26)27/h12-14,17,20,28H,2-11,15H2,1H3,(H2,32,33,37)/t20-/m1/s1. The molecule has 0 aliphatic carbocycles. The predicted octanol–water partition coefficient (Wildman–Crippen LogP) is 1.42. The topological polar surface area (TPSA) is 128 Å². The molecule has 208 valence electrons. The van der Waals surface area contributed by atoms with Crippen LogP contribution in [-0.4, -0.2) is 89.5 Å². The number of hydrogen-bond acceptors (Lipinski definition) is 9. The van der Waals surface area contributed by atoms with Gasteiger partial charge in [-0.1, -0.05) is 0 Å². The van der Waals surface area contributed by atoms with E-state index in [2.05, 4.69) is 30.8 Å². The minimum atomic E-state index is -4.48. The van der Waals surface area contributed by atoms with Crippen LogP contribution in [0.1, 0.15) is 30.4 Å². The van der Waals surface area contributed by atoms with Crippen molar-refractivity contribution in [2.75, 3.05) is 62.7 Å². The second-order valence-electron chi connectivity index (χ2n) is 9.54. The highest BCUT2D eigenvalue weighted by molar-refractivity contribution is 5.76. The Bertz CT molecular complexity index is 1110. The first-order chi connectivity index (χ1) is 18.2. The number of nitrogens with one attached hydrogen (secondary N) is 3. The van der Waals surface area contributed by atoms with Crippen LogP contribution in [-0.2, 0) is 15.7 Å². The van der Waals surface area contributed by atoms with E-state index in [0.29, 0.717) is 50.0 Å². The number of piperidine rings is 1. The molecule has 14 heteroatoms. The first-order valence-corrected chi connectivity index (χ1v) is 12.7. The number of hydrogen-bond donors (Lipinski definition) is 3. The number of alkyl halides is 3. The lowest BCUT2D eigenvalue weighted by atomic mass is 9.90. The van der Waals surface area contributed by atoms with Crippen molar-refractivity contribution in [1.29, 1.82) is 0 Å². The number of piperazine rings is 1. The third kappa shape index (κ3) is 7.19. The van der Waals surface area contributed by atoms with Gasteiger partial charge in [0.1, 0.15) is 0 Å². The van der Waals surface area contributed by atoms with Gasteiger partial charge in [0.05, 0.1) is 43.1 Å². The lowest BCUT2D eigenvalue weighted by molar-refractivity contribution is -0.138. The van der Waals surface area contributed by atoms with Gasteiger partial charge in [0.25, 0.3) is 5.56 Å². The minimum Gasteiger partial charge on any atom is -0.379 e. The zero-order valence-corrected chi connectivity index (χ0v) is 21.3. The average molecular weight is 539 g/mol. The van der Waals surface area contributed by atoms with Gasteiger partial charge in [0, 0.05) is 44.1 Å². The van der Waals surface area contributed by atoms with Gasteiger partial charge in [-0.05, 0) is 38.8 Å². The van der Waals surface area contributed by atoms with E-state index in [1.807, 2.05) is 0 Å². The van der Waals surface area contributed by atoms with Crippen LogP contribution in [0, 0.1) is 12.8 Å². The largest absolute Gasteiger partial charge is 0.419 e. The molecule has 2 fully saturated rings. The van der Waals surface area contributed by atoms with Crippen LogP contribution in [0.5, 0.6) is 0 Å². The van der Waals surface area contributed by atoms with Crippen LogP contribution in [0.15, 0.2) is 23.4 Å². The van der Waals surface area contributed by atoms with Gasteiger partial charge in [-0.25, -0.2) is 15.1 Å². The molecule has 0 radical (unpaired) electrons. The number of amides is 1. The summed E-state index contributed by atoms with van der Waals surface area (Å²) in [6.07, 6.45) is 0.843. The SMILES string of the molecule is Cc1c(N[C@H](COCCC(=O)N2CCN(c3ncc(C(F)(F)F)cn3)CC2)C2CCNCC2)cn[nH]c1=O. The van der Waals surface area contributed by atoms with Crippen LogP contribution in [0.25, 0.3) is 0 Å². The molecule has 38 heavy (non-hydrogen) atoms. The Kier molecular flexibility index (Phi) is 9.15. The summed E-state index contributed by atoms with van der Waals surface area (Å²) in [4.78, 5) is 35.8. The van der Waals surface area contributed by atoms with Crippen molar-refractivity contribution in [2.45, 2.75) is 38.4 Å². The highest BCUT2D eigenvalue weighted by Crippen LogP contribution is 2.28. The molecule has 0 saturated carbocycles. The van der Waals surface area contributed by atoms with Crippen molar-refractivity contribution < 1.29 is 22.7 Å². The van der Waals surface area contributed by atoms with Crippen LogP contribution >= 0.6 is 0 Å². The molecule has 4 heterocycles. The van der Waals surface area contributed by atoms with Crippen LogP contribution in [0.2, 0.25) is 0 Å². The van der Waals surface area contributed by atoms with Crippen molar-refractivity contribution in [3.05, 3.63) is 40.1 Å². The molecular formula is C24H33F3N8O3. The fourth-order valence-corrected chi connectivity index (χ4v) is 4.66. The highest BCUT2D eigenvalue weighted by atomic mass is 19.4. The van der Waals surface area contributed by atoms with Crippen molar-refractivity contribution in [2.24, 2.45) is 5.92 Å². The second-order valence-corrected chi connectivity index (χ2v) is 9.54. The van der Waals surface area contributed by atoms with E-state index in [0.717, 1.165) is 38.3 Å². The van der Waals surface area contributed by atoms with Crippen molar-refractivity contribution in [1.82, 2.24) is 30.4 Å². The Morgan fingerprint density at radius 1 is 1.16 bits per heavy atom. The number of carbonyl (C=O) groups is 1. The summed E-state index contributed by atoms with van der Waals surface area (Å²) in [6.45, 7) is 5.95. The van der Waals surface area contributed by atoms with Gasteiger partial charge in [-0.3, -0.25) is 9.59 Å². The van der Waals surface area contributed by atoms with Crippen LogP contribution in [0.4, 0.5) is 24.8 Å². The van der Waals surface area contributed by atoms with E-state index in [-0.39, 0.29) is 36.5 Å². The Balaban J connectivity index is 1.23. The number of ether oxygens (including phenoxy) is 1. The number of aromatic amines is 1. The summed E-state index contributed by atoms with van der Waals surface area (Å²) in [5.41, 5.74) is 0.106. The number of aromatic nitrogens is 4. The van der Waals surface area contributed by atoms with E-state index in [1.54, 1.807) is 22.9 Å². The van der Waals surface area contributed by atoms with Gasteiger partial charge in [0.15, 0.2) is 0 Å². The summed E-state index contributed by atoms with van der Waals surface area (Å²) in [6, 6.07) is -0.0261. The fraction of sp³-hybridized carbons (Fsp3) is 0.625. The molecule has 2 aromatic rings. The van der Waals surface area contributed by atoms with E-state index in [9.17, 15) is 22.8 Å². The molecule has 2 aliphatic rings. The summed E-state index contributed by atoms with van der Waals surface area (Å²) in [7, 11) is 0. The van der Waals surface area contributed by atoms with Gasteiger partial charge in [-0.15, -0.1) is 0 Å². The van der Waals surface area contributed by atoms with E-state index < -0.39 is 11.7 Å². The maximum Gasteiger partial charge on any atom is 0.419 e. The molecule has 0 spiro atoms. The number of rotatable bonds is 9. The average Bonchev–Trinajstić information content (AvgIpc) is 2.93. The van der Waals surface area contributed by atoms with Crippen LogP contribution in [0.3, 0.4) is 0 Å². The molecule has 2 aromatic heterocycles. The number of anilines is 2. The van der Waals surface area contributed by atoms with E-state index in [4.69, 9.17) is 4.74 Å². The second kappa shape index (κ2) is 12.5. The molecule has 1 amide bonds. The Morgan fingerprint density at radius 2 is 1.84 bits per heavy atom. The Hall–Kier alpha value is -3.26. The first-order valence-electron chi connectivity index (χ1n) is 12.7. The van der Waals surface area contributed by atoms with Gasteiger partial charge < -0.3 is 25.2 Å². The highest BCUT2D eigenvalue weighted by Gasteiger charge is 2.32. The quantitative estimate of drug-likeness (QED) is 0.406. The maximum atomic E-state index is 12.7. The maximum absolute atomic E-state index is 12.7. The Labute approximate surface area is 218 Å². The normalized spacial score (nSPS) is 17.9. The molecule has 0 unspecified atom stereocenters. The molecule has 3 N–H and O–H groups in total. The summed E-state index contributed by atoms with van der Waals surface area (Å²) < 4.78 is 44.1. The predicted molar refractivity (Wildman–Crippen MR) is 134 cm³/mol. The number of halogens is 3. The summed E-state index contributed by atoms with van der Waals surface area (Å²) in [5.74, 6) is 0.529. The lowest BCUT2D eigenvalue weighted by Gasteiger charge is -2.35. The molecule has 2 saturated heterocycles. The molecule has 2 aliphatic heterocycles. The number of carbonyl (C=O) groups excluding carboxylic acids is 1. The fourth-order valence-electron chi connectivity index (χ4n) is 4.66. The molecule has 0 bridgehead atoms. The number of H-pyrrole nitrogens is 1. The monoisotopic (exact) mass is 538 g/mol. The molecule has 0 aromatic carbocycles. The first kappa shape index (κ1) is 27.8. The summed E-state index contributed by atoms with van der Waals surface area (Å²) in [5, 5.41) is 13.1. The van der Waals surface area contributed by atoms with E-state index >= 15 is 0 Å². The van der Waals surface area contributed by atoms with Crippen molar-refractivity contribution in [3.8, 4) is 0 Å². The zero-order chi connectivity index (χ0) is 27.1. The smallest absolute Gasteiger partial charge is 0.379 e. The number of nitrogens with zero attached hydrogens (tertiary/aromatic N) is 5. The third-order valence-electron chi connectivity index (χ3n) is 7.04. The minimum absolute atomic E-state index is 0.0261. The lowest BCUT2D eigenvalue weighted by Crippen LogP contribution is -2.49. The van der Waals surface area contributed by atoms with Crippen LogP contribution < -0.4 is 21.1 Å². The van der Waals surface area contributed by atoms with Gasteiger partial charge >= 0.3 is 6.18 Å². The zero-order valence-electron chi connectivity index (χ0n) is 21.3. The molecule has 1 atom stereocenters. The Morgan fingerprint density at radius 3 is 2.50 bits per heavy atom.